The quantitative estimate of drug-likeness (QED) is 0.678. The number of rotatable bonds is 4. The molecule has 0 aliphatic carbocycles. The van der Waals surface area contributed by atoms with E-state index in [-0.39, 0.29) is 5.82 Å². The van der Waals surface area contributed by atoms with Gasteiger partial charge in [0.25, 0.3) is 0 Å². The molecule has 0 radical (unpaired) electrons. The first-order valence-electron chi connectivity index (χ1n) is 6.59. The number of halogens is 1. The minimum atomic E-state index is -0.233. The van der Waals surface area contributed by atoms with Crippen LogP contribution in [0.5, 0.6) is 0 Å². The summed E-state index contributed by atoms with van der Waals surface area (Å²) in [5.74, 6) is 1.29. The fourth-order valence-electron chi connectivity index (χ4n) is 2.01. The van der Waals surface area contributed by atoms with Crippen LogP contribution in [0.25, 0.3) is 0 Å². The largest absolute Gasteiger partial charge is 0.349 e. The van der Waals surface area contributed by atoms with E-state index in [1.807, 2.05) is 25.1 Å². The van der Waals surface area contributed by atoms with Crippen molar-refractivity contribution in [1.29, 1.82) is 0 Å². The van der Waals surface area contributed by atoms with Crippen LogP contribution in [0, 0.1) is 5.82 Å². The highest BCUT2D eigenvalue weighted by molar-refractivity contribution is 5.79. The molecule has 1 heterocycles. The number of guanidine groups is 1. The number of aromatic nitrogens is 3. The Hall–Kier alpha value is -2.44. The molecule has 2 aromatic rings. The van der Waals surface area contributed by atoms with Crippen molar-refractivity contribution in [3.8, 4) is 0 Å². The van der Waals surface area contributed by atoms with Gasteiger partial charge in [0.15, 0.2) is 5.96 Å². The van der Waals surface area contributed by atoms with Gasteiger partial charge in [-0.2, -0.15) is 5.10 Å². The van der Waals surface area contributed by atoms with Crippen LogP contribution < -0.4 is 5.32 Å². The second-order valence-corrected chi connectivity index (χ2v) is 4.69. The minimum absolute atomic E-state index is 0.233. The molecule has 0 aliphatic heterocycles. The predicted octanol–water partition coefficient (Wildman–Crippen LogP) is 1.16. The zero-order valence-corrected chi connectivity index (χ0v) is 12.4. The fourth-order valence-corrected chi connectivity index (χ4v) is 2.01. The van der Waals surface area contributed by atoms with E-state index in [4.69, 9.17) is 0 Å². The molecule has 1 aromatic heterocycles. The van der Waals surface area contributed by atoms with Crippen LogP contribution in [0.4, 0.5) is 4.39 Å². The van der Waals surface area contributed by atoms with Gasteiger partial charge < -0.3 is 10.2 Å². The van der Waals surface area contributed by atoms with E-state index in [0.29, 0.717) is 19.0 Å². The standard InChI is InChI=1S/C14H19FN6/c1-16-14(17-8-13-18-10-19-21(13)3)20(2)9-11-5-4-6-12(15)7-11/h4-7,10H,8-9H2,1-3H3,(H,16,17). The molecule has 6 nitrogen and oxygen atoms in total. The van der Waals surface area contributed by atoms with Gasteiger partial charge in [0, 0.05) is 27.7 Å². The van der Waals surface area contributed by atoms with Crippen molar-refractivity contribution in [3.63, 3.8) is 0 Å². The van der Waals surface area contributed by atoms with Crippen LogP contribution in [-0.2, 0) is 20.1 Å². The summed E-state index contributed by atoms with van der Waals surface area (Å²) in [6.07, 6.45) is 1.51. The molecule has 0 atom stereocenters. The Kier molecular flexibility index (Phi) is 4.86. The third kappa shape index (κ3) is 4.01. The number of hydrogen-bond acceptors (Lipinski definition) is 3. The number of nitrogens with zero attached hydrogens (tertiary/aromatic N) is 5. The van der Waals surface area contributed by atoms with Gasteiger partial charge in [-0.05, 0) is 17.7 Å². The summed E-state index contributed by atoms with van der Waals surface area (Å²) in [7, 11) is 5.45. The van der Waals surface area contributed by atoms with Gasteiger partial charge in [-0.25, -0.2) is 9.37 Å². The highest BCUT2D eigenvalue weighted by atomic mass is 19.1. The Morgan fingerprint density at radius 1 is 1.48 bits per heavy atom. The van der Waals surface area contributed by atoms with Crippen molar-refractivity contribution in [1.82, 2.24) is 25.0 Å². The molecule has 0 bridgehead atoms. The van der Waals surface area contributed by atoms with Gasteiger partial charge in [-0.1, -0.05) is 12.1 Å². The van der Waals surface area contributed by atoms with Gasteiger partial charge in [0.05, 0.1) is 6.54 Å². The van der Waals surface area contributed by atoms with Gasteiger partial charge in [-0.15, -0.1) is 0 Å². The molecule has 0 fully saturated rings. The van der Waals surface area contributed by atoms with E-state index >= 15 is 0 Å². The van der Waals surface area contributed by atoms with Crippen molar-refractivity contribution in [2.24, 2.45) is 12.0 Å². The van der Waals surface area contributed by atoms with E-state index < -0.39 is 0 Å². The first kappa shape index (κ1) is 15.0. The SMILES string of the molecule is CN=C(NCc1ncnn1C)N(C)Cc1cccc(F)c1. The van der Waals surface area contributed by atoms with Crippen LogP contribution in [0.3, 0.4) is 0 Å². The van der Waals surface area contributed by atoms with E-state index in [9.17, 15) is 4.39 Å². The summed E-state index contributed by atoms with van der Waals surface area (Å²) in [5, 5.41) is 7.22. The Morgan fingerprint density at radius 3 is 2.90 bits per heavy atom. The number of hydrogen-bond donors (Lipinski definition) is 1. The van der Waals surface area contributed by atoms with E-state index in [2.05, 4.69) is 20.4 Å². The van der Waals surface area contributed by atoms with Gasteiger partial charge in [-0.3, -0.25) is 9.67 Å². The molecule has 0 aliphatic rings. The fraction of sp³-hybridized carbons (Fsp3) is 0.357. The zero-order valence-electron chi connectivity index (χ0n) is 12.4. The normalized spacial score (nSPS) is 11.5. The molecule has 112 valence electrons. The van der Waals surface area contributed by atoms with E-state index in [1.165, 1.54) is 18.5 Å². The van der Waals surface area contributed by atoms with Crippen molar-refractivity contribution in [2.75, 3.05) is 14.1 Å². The molecule has 0 amide bonds. The lowest BCUT2D eigenvalue weighted by Crippen LogP contribution is -2.38. The lowest BCUT2D eigenvalue weighted by Gasteiger charge is -2.22. The Balaban J connectivity index is 1.96. The smallest absolute Gasteiger partial charge is 0.194 e. The topological polar surface area (TPSA) is 58.3 Å². The average molecular weight is 290 g/mol. The van der Waals surface area contributed by atoms with Crippen LogP contribution in [-0.4, -0.2) is 39.7 Å². The van der Waals surface area contributed by atoms with E-state index in [1.54, 1.807) is 17.8 Å². The van der Waals surface area contributed by atoms with Crippen LogP contribution >= 0.6 is 0 Å². The molecular formula is C14H19FN6. The summed E-state index contributed by atoms with van der Waals surface area (Å²) < 4.78 is 14.9. The Morgan fingerprint density at radius 2 is 2.29 bits per heavy atom. The summed E-state index contributed by atoms with van der Waals surface area (Å²) in [4.78, 5) is 10.3. The number of aliphatic imine (C=N–C) groups is 1. The minimum Gasteiger partial charge on any atom is -0.349 e. The van der Waals surface area contributed by atoms with Crippen LogP contribution in [0.15, 0.2) is 35.6 Å². The van der Waals surface area contributed by atoms with Crippen LogP contribution in [0.2, 0.25) is 0 Å². The molecule has 7 heteroatoms. The first-order valence-corrected chi connectivity index (χ1v) is 6.59. The maximum Gasteiger partial charge on any atom is 0.194 e. The second kappa shape index (κ2) is 6.83. The van der Waals surface area contributed by atoms with Crippen molar-refractivity contribution in [2.45, 2.75) is 13.1 Å². The maximum atomic E-state index is 13.2. The van der Waals surface area contributed by atoms with Crippen molar-refractivity contribution >= 4 is 5.96 Å². The molecule has 0 unspecified atom stereocenters. The number of nitrogens with one attached hydrogen (secondary N) is 1. The van der Waals surface area contributed by atoms with Gasteiger partial charge >= 0.3 is 0 Å². The number of aryl methyl sites for hydroxylation is 1. The third-order valence-corrected chi connectivity index (χ3v) is 3.09. The molecule has 0 saturated heterocycles. The lowest BCUT2D eigenvalue weighted by molar-refractivity contribution is 0.472. The Labute approximate surface area is 123 Å². The predicted molar refractivity (Wildman–Crippen MR) is 79.1 cm³/mol. The maximum absolute atomic E-state index is 13.2. The molecule has 21 heavy (non-hydrogen) atoms. The number of benzene rings is 1. The zero-order chi connectivity index (χ0) is 15.2. The monoisotopic (exact) mass is 290 g/mol. The molecule has 1 aromatic carbocycles. The highest BCUT2D eigenvalue weighted by Crippen LogP contribution is 2.06. The lowest BCUT2D eigenvalue weighted by atomic mass is 10.2. The molecule has 2 rings (SSSR count). The van der Waals surface area contributed by atoms with Gasteiger partial charge in [0.2, 0.25) is 0 Å². The van der Waals surface area contributed by atoms with E-state index in [0.717, 1.165) is 11.4 Å². The molecular weight excluding hydrogens is 271 g/mol. The molecule has 0 spiro atoms. The van der Waals surface area contributed by atoms with Crippen molar-refractivity contribution in [3.05, 3.63) is 47.8 Å². The summed E-state index contributed by atoms with van der Waals surface area (Å²) >= 11 is 0. The molecule has 0 saturated carbocycles. The summed E-state index contributed by atoms with van der Waals surface area (Å²) in [6, 6.07) is 6.54. The average Bonchev–Trinajstić information content (AvgIpc) is 2.85. The molecule has 1 N–H and O–H groups in total. The first-order chi connectivity index (χ1) is 10.1. The van der Waals surface area contributed by atoms with Crippen molar-refractivity contribution < 1.29 is 4.39 Å². The summed E-state index contributed by atoms with van der Waals surface area (Å²) in [6.45, 7) is 1.09. The Bertz CT molecular complexity index is 621. The van der Waals surface area contributed by atoms with Crippen LogP contribution in [0.1, 0.15) is 11.4 Å². The highest BCUT2D eigenvalue weighted by Gasteiger charge is 2.08. The van der Waals surface area contributed by atoms with Gasteiger partial charge in [0.1, 0.15) is 18.0 Å². The summed E-state index contributed by atoms with van der Waals surface area (Å²) in [5.41, 5.74) is 0.888. The third-order valence-electron chi connectivity index (χ3n) is 3.09. The second-order valence-electron chi connectivity index (χ2n) is 4.69.